The van der Waals surface area contributed by atoms with Gasteiger partial charge in [-0.15, -0.1) is 0 Å². The number of carbonyl (C=O) groups excluding carboxylic acids is 1. The van der Waals surface area contributed by atoms with Crippen molar-refractivity contribution in [3.8, 4) is 0 Å². The fraction of sp³-hybridized carbons (Fsp3) is 0.615. The van der Waals surface area contributed by atoms with Crippen molar-refractivity contribution in [3.05, 3.63) is 32.6 Å². The van der Waals surface area contributed by atoms with E-state index in [1.807, 2.05) is 0 Å². The van der Waals surface area contributed by atoms with E-state index in [9.17, 15) is 14.4 Å². The summed E-state index contributed by atoms with van der Waals surface area (Å²) in [5.41, 5.74) is -0.916. The summed E-state index contributed by atoms with van der Waals surface area (Å²) >= 11 is 0. The van der Waals surface area contributed by atoms with Crippen LogP contribution in [-0.2, 0) is 18.3 Å². The molecule has 0 spiro atoms. The average Bonchev–Trinajstić information content (AvgIpc) is 2.40. The summed E-state index contributed by atoms with van der Waals surface area (Å²) in [4.78, 5) is 35.2. The van der Waals surface area contributed by atoms with Crippen LogP contribution in [0.5, 0.6) is 0 Å². The van der Waals surface area contributed by atoms with Crippen LogP contribution in [0.15, 0.2) is 15.8 Å². The van der Waals surface area contributed by atoms with E-state index in [0.29, 0.717) is 13.2 Å². The molecule has 1 atom stereocenters. The minimum Gasteiger partial charge on any atom is -0.376 e. The second-order valence-electron chi connectivity index (χ2n) is 4.89. The van der Waals surface area contributed by atoms with E-state index in [0.717, 1.165) is 23.8 Å². The van der Waals surface area contributed by atoms with Gasteiger partial charge in [0.25, 0.3) is 5.56 Å². The molecule has 1 aliphatic rings. The van der Waals surface area contributed by atoms with Crippen molar-refractivity contribution in [1.29, 1.82) is 0 Å². The van der Waals surface area contributed by atoms with E-state index in [1.54, 1.807) is 0 Å². The van der Waals surface area contributed by atoms with E-state index >= 15 is 0 Å². The lowest BCUT2D eigenvalue weighted by Crippen LogP contribution is -2.42. The van der Waals surface area contributed by atoms with Crippen LogP contribution in [0.3, 0.4) is 0 Å². The van der Waals surface area contributed by atoms with E-state index in [4.69, 9.17) is 4.74 Å². The summed E-state index contributed by atoms with van der Waals surface area (Å²) in [6.07, 6.45) is 4.33. The van der Waals surface area contributed by atoms with Crippen molar-refractivity contribution < 1.29 is 9.53 Å². The predicted molar refractivity (Wildman–Crippen MR) is 69.5 cm³/mol. The molecule has 1 aromatic rings. The normalized spacial score (nSPS) is 19.4. The predicted octanol–water partition coefficient (Wildman–Crippen LogP) is 0.319. The van der Waals surface area contributed by atoms with Crippen LogP contribution in [0.2, 0.25) is 0 Å². The SMILES string of the molecule is CC(=O)c1cn(CC2CCCCO2)c(=O)n(C)c1=O. The third-order valence-electron chi connectivity index (χ3n) is 3.41. The van der Waals surface area contributed by atoms with Gasteiger partial charge in [0.15, 0.2) is 5.78 Å². The third kappa shape index (κ3) is 2.84. The number of nitrogens with zero attached hydrogens (tertiary/aromatic N) is 2. The van der Waals surface area contributed by atoms with E-state index in [1.165, 1.54) is 24.7 Å². The summed E-state index contributed by atoms with van der Waals surface area (Å²) in [5.74, 6) is -0.334. The van der Waals surface area contributed by atoms with Crippen LogP contribution in [-0.4, -0.2) is 27.6 Å². The Bertz CT molecular complexity index is 594. The first-order valence-electron chi connectivity index (χ1n) is 6.43. The molecule has 1 aromatic heterocycles. The molecular formula is C13H18N2O4. The summed E-state index contributed by atoms with van der Waals surface area (Å²) in [6.45, 7) is 2.40. The Morgan fingerprint density at radius 1 is 1.42 bits per heavy atom. The number of aromatic nitrogens is 2. The molecule has 0 saturated carbocycles. The van der Waals surface area contributed by atoms with Crippen molar-refractivity contribution >= 4 is 5.78 Å². The van der Waals surface area contributed by atoms with E-state index < -0.39 is 11.2 Å². The topological polar surface area (TPSA) is 70.3 Å². The molecule has 19 heavy (non-hydrogen) atoms. The van der Waals surface area contributed by atoms with Crippen LogP contribution in [0.1, 0.15) is 36.5 Å². The second kappa shape index (κ2) is 5.52. The van der Waals surface area contributed by atoms with Crippen LogP contribution >= 0.6 is 0 Å². The van der Waals surface area contributed by atoms with Crippen molar-refractivity contribution in [3.63, 3.8) is 0 Å². The molecular weight excluding hydrogens is 248 g/mol. The first kappa shape index (κ1) is 13.7. The third-order valence-corrected chi connectivity index (χ3v) is 3.41. The molecule has 1 aliphatic heterocycles. The molecule has 1 unspecified atom stereocenters. The highest BCUT2D eigenvalue weighted by molar-refractivity contribution is 5.93. The van der Waals surface area contributed by atoms with Crippen molar-refractivity contribution in [1.82, 2.24) is 9.13 Å². The number of rotatable bonds is 3. The summed E-state index contributed by atoms with van der Waals surface area (Å²) in [7, 11) is 1.38. The maximum Gasteiger partial charge on any atom is 0.330 e. The monoisotopic (exact) mass is 266 g/mol. The zero-order valence-corrected chi connectivity index (χ0v) is 11.2. The lowest BCUT2D eigenvalue weighted by Gasteiger charge is -2.23. The maximum absolute atomic E-state index is 12.0. The number of ketones is 1. The van der Waals surface area contributed by atoms with E-state index in [2.05, 4.69) is 0 Å². The van der Waals surface area contributed by atoms with Gasteiger partial charge in [-0.25, -0.2) is 4.79 Å². The molecule has 104 valence electrons. The molecule has 0 bridgehead atoms. The van der Waals surface area contributed by atoms with Crippen molar-refractivity contribution in [2.75, 3.05) is 6.61 Å². The van der Waals surface area contributed by atoms with Gasteiger partial charge in [0, 0.05) is 19.9 Å². The Labute approximate surface area is 110 Å². The zero-order chi connectivity index (χ0) is 14.0. The minimum atomic E-state index is -0.543. The van der Waals surface area contributed by atoms with Gasteiger partial charge in [-0.1, -0.05) is 0 Å². The molecule has 0 radical (unpaired) electrons. The molecule has 0 N–H and O–H groups in total. The average molecular weight is 266 g/mol. The fourth-order valence-corrected chi connectivity index (χ4v) is 2.27. The van der Waals surface area contributed by atoms with Crippen molar-refractivity contribution in [2.45, 2.75) is 38.8 Å². The first-order valence-corrected chi connectivity index (χ1v) is 6.43. The van der Waals surface area contributed by atoms with Crippen LogP contribution in [0.25, 0.3) is 0 Å². The quantitative estimate of drug-likeness (QED) is 0.739. The number of carbonyl (C=O) groups is 1. The number of hydrogen-bond donors (Lipinski definition) is 0. The Hall–Kier alpha value is -1.69. The Kier molecular flexibility index (Phi) is 3.99. The van der Waals surface area contributed by atoms with Gasteiger partial charge in [0.1, 0.15) is 0 Å². The van der Waals surface area contributed by atoms with Gasteiger partial charge < -0.3 is 4.74 Å². The van der Waals surface area contributed by atoms with Gasteiger partial charge in [-0.3, -0.25) is 18.7 Å². The molecule has 0 aliphatic carbocycles. The molecule has 0 aromatic carbocycles. The van der Waals surface area contributed by atoms with Crippen LogP contribution < -0.4 is 11.2 Å². The lowest BCUT2D eigenvalue weighted by atomic mass is 10.1. The Balaban J connectivity index is 2.37. The Morgan fingerprint density at radius 2 is 2.16 bits per heavy atom. The summed E-state index contributed by atoms with van der Waals surface area (Å²) in [6, 6.07) is 0. The van der Waals surface area contributed by atoms with Gasteiger partial charge >= 0.3 is 5.69 Å². The molecule has 2 rings (SSSR count). The van der Waals surface area contributed by atoms with Gasteiger partial charge in [0.05, 0.1) is 18.2 Å². The largest absolute Gasteiger partial charge is 0.376 e. The molecule has 6 nitrogen and oxygen atoms in total. The maximum atomic E-state index is 12.0. The highest BCUT2D eigenvalue weighted by atomic mass is 16.5. The van der Waals surface area contributed by atoms with E-state index in [-0.39, 0.29) is 17.5 Å². The smallest absolute Gasteiger partial charge is 0.330 e. The highest BCUT2D eigenvalue weighted by Crippen LogP contribution is 2.13. The van der Waals surface area contributed by atoms with Gasteiger partial charge in [0.2, 0.25) is 0 Å². The fourth-order valence-electron chi connectivity index (χ4n) is 2.27. The zero-order valence-electron chi connectivity index (χ0n) is 11.2. The highest BCUT2D eigenvalue weighted by Gasteiger charge is 2.18. The van der Waals surface area contributed by atoms with Crippen molar-refractivity contribution in [2.24, 2.45) is 7.05 Å². The number of Topliss-reactive ketones (excluding diaryl/α,β-unsaturated/α-hetero) is 1. The Morgan fingerprint density at radius 3 is 2.74 bits per heavy atom. The lowest BCUT2D eigenvalue weighted by molar-refractivity contribution is 0.00497. The molecule has 1 fully saturated rings. The first-order chi connectivity index (χ1) is 9.00. The molecule has 2 heterocycles. The molecule has 0 amide bonds. The summed E-state index contributed by atoms with van der Waals surface area (Å²) in [5, 5.41) is 0. The standard InChI is InChI=1S/C13H18N2O4/c1-9(16)11-8-15(13(18)14(2)12(11)17)7-10-5-3-4-6-19-10/h8,10H,3-7H2,1-2H3. The van der Waals surface area contributed by atoms with Gasteiger partial charge in [-0.05, 0) is 26.2 Å². The van der Waals surface area contributed by atoms with Crippen LogP contribution in [0, 0.1) is 0 Å². The minimum absolute atomic E-state index is 0.0243. The molecule has 1 saturated heterocycles. The molecule has 6 heteroatoms. The van der Waals surface area contributed by atoms with Crippen LogP contribution in [0.4, 0.5) is 0 Å². The summed E-state index contributed by atoms with van der Waals surface area (Å²) < 4.78 is 7.94. The number of ether oxygens (including phenoxy) is 1. The number of hydrogen-bond acceptors (Lipinski definition) is 4. The second-order valence-corrected chi connectivity index (χ2v) is 4.89. The van der Waals surface area contributed by atoms with Gasteiger partial charge in [-0.2, -0.15) is 0 Å².